The molecule has 2 aromatic carbocycles. The summed E-state index contributed by atoms with van der Waals surface area (Å²) >= 11 is 0. The maximum absolute atomic E-state index is 11.9. The number of nitrogens with one attached hydrogen (secondary N) is 2. The zero-order valence-electron chi connectivity index (χ0n) is 10.8. The molecule has 0 atom stereocenters. The van der Waals surface area contributed by atoms with E-state index in [9.17, 15) is 9.59 Å². The van der Waals surface area contributed by atoms with E-state index in [-0.39, 0.29) is 18.4 Å². The molecule has 0 fully saturated rings. The molecule has 0 radical (unpaired) electrons. The van der Waals surface area contributed by atoms with Gasteiger partial charge >= 0.3 is 0 Å². The van der Waals surface area contributed by atoms with Gasteiger partial charge in [-0.1, -0.05) is 30.3 Å². The molecule has 4 heteroatoms. The van der Waals surface area contributed by atoms with Crippen LogP contribution < -0.4 is 10.6 Å². The van der Waals surface area contributed by atoms with Crippen LogP contribution in [0.5, 0.6) is 0 Å². The summed E-state index contributed by atoms with van der Waals surface area (Å²) < 4.78 is 0. The summed E-state index contributed by atoms with van der Waals surface area (Å²) in [7, 11) is 0. The van der Waals surface area contributed by atoms with Crippen molar-refractivity contribution in [2.75, 3.05) is 13.1 Å². The Morgan fingerprint density at radius 3 is 2.47 bits per heavy atom. The monoisotopic (exact) mass is 256 g/mol. The molecule has 0 bridgehead atoms. The fourth-order valence-corrected chi connectivity index (χ4v) is 1.85. The molecule has 0 aliphatic carbocycles. The fourth-order valence-electron chi connectivity index (χ4n) is 1.85. The van der Waals surface area contributed by atoms with E-state index in [4.69, 9.17) is 0 Å². The Labute approximate surface area is 111 Å². The minimum Gasteiger partial charge on any atom is -0.355 e. The van der Waals surface area contributed by atoms with Gasteiger partial charge in [-0.25, -0.2) is 0 Å². The zero-order chi connectivity index (χ0) is 13.7. The molecule has 98 valence electrons. The molecule has 0 aliphatic heterocycles. The predicted octanol–water partition coefficient (Wildman–Crippen LogP) is 1.71. The van der Waals surface area contributed by atoms with Gasteiger partial charge < -0.3 is 10.6 Å². The third-order valence-corrected chi connectivity index (χ3v) is 2.80. The Hall–Kier alpha value is -2.36. The lowest BCUT2D eigenvalue weighted by Crippen LogP contribution is -2.36. The predicted molar refractivity (Wildman–Crippen MR) is 75.0 cm³/mol. The molecule has 0 aromatic heterocycles. The van der Waals surface area contributed by atoms with Crippen LogP contribution >= 0.6 is 0 Å². The highest BCUT2D eigenvalue weighted by atomic mass is 16.2. The highest BCUT2D eigenvalue weighted by molar-refractivity contribution is 5.99. The number of carbonyl (C=O) groups excluding carboxylic acids is 2. The summed E-state index contributed by atoms with van der Waals surface area (Å²) in [5.74, 6) is -0.423. The molecule has 2 N–H and O–H groups in total. The van der Waals surface area contributed by atoms with Crippen LogP contribution in [0.15, 0.2) is 42.5 Å². The summed E-state index contributed by atoms with van der Waals surface area (Å²) in [5.41, 5.74) is 0.558. The lowest BCUT2D eigenvalue weighted by Gasteiger charge is -2.06. The van der Waals surface area contributed by atoms with E-state index in [1.807, 2.05) is 43.3 Å². The number of fused-ring (bicyclic) bond motifs is 1. The van der Waals surface area contributed by atoms with Crippen LogP contribution in [0.4, 0.5) is 0 Å². The standard InChI is InChI=1S/C15H16N2O2/c1-2-16-14(18)10-17-15(19)13-8-7-11-5-3-4-6-12(11)9-13/h3-9H,2,10H2,1H3,(H,16,18)(H,17,19). The molecule has 2 aromatic rings. The molecule has 0 saturated heterocycles. The smallest absolute Gasteiger partial charge is 0.251 e. The van der Waals surface area contributed by atoms with Crippen molar-refractivity contribution in [3.8, 4) is 0 Å². The van der Waals surface area contributed by atoms with Crippen LogP contribution in [0.3, 0.4) is 0 Å². The summed E-state index contributed by atoms with van der Waals surface area (Å²) in [5, 5.41) is 7.32. The van der Waals surface area contributed by atoms with Crippen LogP contribution in [0, 0.1) is 0 Å². The van der Waals surface area contributed by atoms with Crippen molar-refractivity contribution < 1.29 is 9.59 Å². The Morgan fingerprint density at radius 1 is 1.00 bits per heavy atom. The van der Waals surface area contributed by atoms with Crippen molar-refractivity contribution >= 4 is 22.6 Å². The van der Waals surface area contributed by atoms with Crippen LogP contribution in [-0.2, 0) is 4.79 Å². The number of amides is 2. The molecule has 0 saturated carbocycles. The molecular weight excluding hydrogens is 240 g/mol. The second kappa shape index (κ2) is 6.00. The lowest BCUT2D eigenvalue weighted by atomic mass is 10.1. The van der Waals surface area contributed by atoms with Gasteiger partial charge in [-0.15, -0.1) is 0 Å². The van der Waals surface area contributed by atoms with Crippen LogP contribution in [0.1, 0.15) is 17.3 Å². The topological polar surface area (TPSA) is 58.2 Å². The SMILES string of the molecule is CCNC(=O)CNC(=O)c1ccc2ccccc2c1. The number of rotatable bonds is 4. The van der Waals surface area contributed by atoms with Gasteiger partial charge in [0.1, 0.15) is 0 Å². The van der Waals surface area contributed by atoms with Crippen molar-refractivity contribution in [1.29, 1.82) is 0 Å². The number of hydrogen-bond acceptors (Lipinski definition) is 2. The van der Waals surface area contributed by atoms with Gasteiger partial charge in [0.2, 0.25) is 5.91 Å². The van der Waals surface area contributed by atoms with Crippen molar-refractivity contribution in [2.24, 2.45) is 0 Å². The second-order valence-corrected chi connectivity index (χ2v) is 4.20. The van der Waals surface area contributed by atoms with Crippen molar-refractivity contribution in [3.05, 3.63) is 48.0 Å². The Kier molecular flexibility index (Phi) is 4.13. The molecule has 0 unspecified atom stereocenters. The second-order valence-electron chi connectivity index (χ2n) is 4.20. The summed E-state index contributed by atoms with van der Waals surface area (Å²) in [6.07, 6.45) is 0. The molecular formula is C15H16N2O2. The zero-order valence-corrected chi connectivity index (χ0v) is 10.8. The maximum atomic E-state index is 11.9. The lowest BCUT2D eigenvalue weighted by molar-refractivity contribution is -0.120. The van der Waals surface area contributed by atoms with Gasteiger partial charge in [0.05, 0.1) is 6.54 Å². The van der Waals surface area contributed by atoms with Gasteiger partial charge in [0.25, 0.3) is 5.91 Å². The van der Waals surface area contributed by atoms with Crippen LogP contribution in [0.2, 0.25) is 0 Å². The summed E-state index contributed by atoms with van der Waals surface area (Å²) in [6.45, 7) is 2.40. The van der Waals surface area contributed by atoms with E-state index in [1.54, 1.807) is 6.07 Å². The maximum Gasteiger partial charge on any atom is 0.251 e. The molecule has 4 nitrogen and oxygen atoms in total. The fraction of sp³-hybridized carbons (Fsp3) is 0.200. The first-order valence-electron chi connectivity index (χ1n) is 6.24. The van der Waals surface area contributed by atoms with Crippen LogP contribution in [-0.4, -0.2) is 24.9 Å². The molecule has 0 aliphatic rings. The average Bonchev–Trinajstić information content (AvgIpc) is 2.44. The first-order chi connectivity index (χ1) is 9.20. The number of hydrogen-bond donors (Lipinski definition) is 2. The van der Waals surface area contributed by atoms with Crippen LogP contribution in [0.25, 0.3) is 10.8 Å². The van der Waals surface area contributed by atoms with Crippen molar-refractivity contribution in [1.82, 2.24) is 10.6 Å². The summed E-state index contributed by atoms with van der Waals surface area (Å²) in [4.78, 5) is 23.2. The van der Waals surface area contributed by atoms with Crippen molar-refractivity contribution in [3.63, 3.8) is 0 Å². The van der Waals surface area contributed by atoms with Gasteiger partial charge in [-0.2, -0.15) is 0 Å². The first-order valence-corrected chi connectivity index (χ1v) is 6.24. The molecule has 19 heavy (non-hydrogen) atoms. The van der Waals surface area contributed by atoms with Gasteiger partial charge in [-0.05, 0) is 29.8 Å². The first kappa shape index (κ1) is 13.1. The highest BCUT2D eigenvalue weighted by Crippen LogP contribution is 2.15. The van der Waals surface area contributed by atoms with E-state index in [0.717, 1.165) is 10.8 Å². The van der Waals surface area contributed by atoms with Gasteiger partial charge in [-0.3, -0.25) is 9.59 Å². The molecule has 0 heterocycles. The van der Waals surface area contributed by atoms with E-state index >= 15 is 0 Å². The van der Waals surface area contributed by atoms with E-state index < -0.39 is 0 Å². The summed E-state index contributed by atoms with van der Waals surface area (Å²) in [6, 6.07) is 13.3. The average molecular weight is 256 g/mol. The molecule has 2 amide bonds. The van der Waals surface area contributed by atoms with Gasteiger partial charge in [0, 0.05) is 12.1 Å². The minimum absolute atomic E-state index is 0.000496. The largest absolute Gasteiger partial charge is 0.355 e. The Bertz CT molecular complexity index is 608. The van der Waals surface area contributed by atoms with Gasteiger partial charge in [0.15, 0.2) is 0 Å². The Morgan fingerprint density at radius 2 is 1.74 bits per heavy atom. The minimum atomic E-state index is -0.239. The number of likely N-dealkylation sites (N-methyl/N-ethyl adjacent to an activating group) is 1. The highest BCUT2D eigenvalue weighted by Gasteiger charge is 2.07. The van der Waals surface area contributed by atoms with E-state index in [0.29, 0.717) is 12.1 Å². The Balaban J connectivity index is 2.07. The third kappa shape index (κ3) is 3.31. The van der Waals surface area contributed by atoms with E-state index in [2.05, 4.69) is 10.6 Å². The quantitative estimate of drug-likeness (QED) is 0.874. The number of benzene rings is 2. The molecule has 2 rings (SSSR count). The van der Waals surface area contributed by atoms with Crippen molar-refractivity contribution in [2.45, 2.75) is 6.92 Å². The number of carbonyl (C=O) groups is 2. The molecule has 0 spiro atoms. The van der Waals surface area contributed by atoms with E-state index in [1.165, 1.54) is 0 Å². The normalized spacial score (nSPS) is 10.2. The third-order valence-electron chi connectivity index (χ3n) is 2.80.